The second-order valence-electron chi connectivity index (χ2n) is 4.63. The van der Waals surface area contributed by atoms with Crippen molar-refractivity contribution in [1.29, 1.82) is 0 Å². The average molecular weight is 300 g/mol. The fraction of sp³-hybridized carbons (Fsp3) is 0.583. The molecule has 14 heavy (non-hydrogen) atoms. The van der Waals surface area contributed by atoms with Crippen molar-refractivity contribution < 1.29 is 4.79 Å². The number of ketones is 1. The van der Waals surface area contributed by atoms with Gasteiger partial charge in [0.25, 0.3) is 0 Å². The van der Waals surface area contributed by atoms with Gasteiger partial charge >= 0.3 is 0 Å². The van der Waals surface area contributed by atoms with E-state index in [1.54, 1.807) is 0 Å². The van der Waals surface area contributed by atoms with Crippen molar-refractivity contribution >= 4 is 28.4 Å². The number of hydrogen-bond acceptors (Lipinski definition) is 1. The van der Waals surface area contributed by atoms with Gasteiger partial charge in [-0.05, 0) is 59.6 Å². The molecular weight excluding hydrogens is 287 g/mol. The molecule has 0 heterocycles. The summed E-state index contributed by atoms with van der Waals surface area (Å²) in [6.07, 6.45) is 10.5. The lowest BCUT2D eigenvalue weighted by Crippen LogP contribution is -2.42. The summed E-state index contributed by atoms with van der Waals surface area (Å²) in [5.74, 6) is 2.62. The summed E-state index contributed by atoms with van der Waals surface area (Å²) in [5, 5.41) is 0. The van der Waals surface area contributed by atoms with Crippen LogP contribution >= 0.6 is 22.6 Å². The Hall–Kier alpha value is -0.120. The molecule has 1 saturated carbocycles. The molecule has 0 saturated heterocycles. The zero-order valence-electron chi connectivity index (χ0n) is 7.95. The van der Waals surface area contributed by atoms with Crippen LogP contribution in [0.3, 0.4) is 0 Å². The van der Waals surface area contributed by atoms with Crippen LogP contribution in [0, 0.1) is 23.7 Å². The standard InChI is InChI=1S/C12H13IO/c13-10-6-5-9-7-1-3-8(4-2-7)11(9)12(10)14/h1,3,6-9,11H,2,4-5H2/t7-,8+,9-,11+/m1/s1. The molecule has 0 spiro atoms. The topological polar surface area (TPSA) is 17.1 Å². The highest BCUT2D eigenvalue weighted by molar-refractivity contribution is 14.1. The van der Waals surface area contributed by atoms with Crippen molar-refractivity contribution in [1.82, 2.24) is 0 Å². The SMILES string of the molecule is O=C1C(I)=CC[C@H]2[C@@H]1[C@H]1C=C[C@@H]2CC1. The Balaban J connectivity index is 2.01. The van der Waals surface area contributed by atoms with Crippen molar-refractivity contribution in [2.24, 2.45) is 23.7 Å². The molecule has 74 valence electrons. The lowest BCUT2D eigenvalue weighted by Gasteiger charge is -2.45. The molecular formula is C12H13IO. The first kappa shape index (κ1) is 9.13. The van der Waals surface area contributed by atoms with E-state index in [2.05, 4.69) is 40.8 Å². The van der Waals surface area contributed by atoms with Gasteiger partial charge in [0.2, 0.25) is 0 Å². The monoisotopic (exact) mass is 300 g/mol. The number of allylic oxidation sites excluding steroid dienone is 4. The molecule has 0 aromatic carbocycles. The molecule has 0 aliphatic heterocycles. The van der Waals surface area contributed by atoms with Crippen LogP contribution < -0.4 is 0 Å². The Morgan fingerprint density at radius 3 is 2.64 bits per heavy atom. The summed E-state index contributed by atoms with van der Waals surface area (Å²) < 4.78 is 0.977. The largest absolute Gasteiger partial charge is 0.293 e. The molecule has 4 aliphatic rings. The highest BCUT2D eigenvalue weighted by Gasteiger charge is 2.45. The van der Waals surface area contributed by atoms with Crippen molar-refractivity contribution in [3.05, 3.63) is 21.8 Å². The molecule has 0 radical (unpaired) electrons. The molecule has 0 unspecified atom stereocenters. The normalized spacial score (nSPS) is 44.9. The minimum Gasteiger partial charge on any atom is -0.293 e. The van der Waals surface area contributed by atoms with Crippen LogP contribution in [-0.2, 0) is 4.79 Å². The Morgan fingerprint density at radius 1 is 1.21 bits per heavy atom. The number of Topliss-reactive ketones (excluding diaryl/α,β-unsaturated/α-hetero) is 1. The van der Waals surface area contributed by atoms with E-state index in [4.69, 9.17) is 0 Å². The molecule has 4 aliphatic carbocycles. The van der Waals surface area contributed by atoms with E-state index in [0.717, 1.165) is 10.0 Å². The summed E-state index contributed by atoms with van der Waals surface area (Å²) in [4.78, 5) is 12.0. The summed E-state index contributed by atoms with van der Waals surface area (Å²) >= 11 is 2.20. The molecule has 4 rings (SSSR count). The molecule has 0 N–H and O–H groups in total. The number of carbonyl (C=O) groups excluding carboxylic acids is 1. The highest BCUT2D eigenvalue weighted by Crippen LogP contribution is 2.49. The first-order valence-corrected chi connectivity index (χ1v) is 6.43. The fourth-order valence-corrected chi connectivity index (χ4v) is 3.93. The van der Waals surface area contributed by atoms with Crippen LogP contribution in [0.5, 0.6) is 0 Å². The van der Waals surface area contributed by atoms with Gasteiger partial charge in [0.15, 0.2) is 5.78 Å². The molecule has 1 fully saturated rings. The summed E-state index contributed by atoms with van der Waals surface area (Å²) in [6.45, 7) is 0. The smallest absolute Gasteiger partial charge is 0.172 e. The van der Waals surface area contributed by atoms with E-state index < -0.39 is 0 Å². The Labute approximate surface area is 97.8 Å². The van der Waals surface area contributed by atoms with Crippen LogP contribution in [0.2, 0.25) is 0 Å². The summed E-state index contributed by atoms with van der Waals surface area (Å²) in [5.41, 5.74) is 0. The van der Waals surface area contributed by atoms with Crippen molar-refractivity contribution in [3.8, 4) is 0 Å². The average Bonchev–Trinajstić information content (AvgIpc) is 2.25. The zero-order valence-corrected chi connectivity index (χ0v) is 10.1. The third kappa shape index (κ3) is 1.16. The quantitative estimate of drug-likeness (QED) is 0.496. The maximum Gasteiger partial charge on any atom is 0.172 e. The first-order chi connectivity index (χ1) is 6.77. The maximum absolute atomic E-state index is 12.0. The maximum atomic E-state index is 12.0. The van der Waals surface area contributed by atoms with Gasteiger partial charge in [0.05, 0.1) is 3.58 Å². The van der Waals surface area contributed by atoms with Gasteiger partial charge in [-0.1, -0.05) is 18.2 Å². The third-order valence-electron chi connectivity index (χ3n) is 4.02. The number of halogens is 1. The van der Waals surface area contributed by atoms with E-state index in [1.165, 1.54) is 12.8 Å². The summed E-state index contributed by atoms with van der Waals surface area (Å²) in [7, 11) is 0. The number of hydrogen-bond donors (Lipinski definition) is 0. The molecule has 0 amide bonds. The number of carbonyl (C=O) groups is 1. The van der Waals surface area contributed by atoms with E-state index >= 15 is 0 Å². The van der Waals surface area contributed by atoms with Gasteiger partial charge in [-0.15, -0.1) is 0 Å². The predicted octanol–water partition coefficient (Wildman–Crippen LogP) is 3.11. The molecule has 4 atom stereocenters. The van der Waals surface area contributed by atoms with E-state index in [0.29, 0.717) is 29.5 Å². The van der Waals surface area contributed by atoms with Crippen LogP contribution in [0.4, 0.5) is 0 Å². The van der Waals surface area contributed by atoms with Crippen molar-refractivity contribution in [3.63, 3.8) is 0 Å². The van der Waals surface area contributed by atoms with Crippen LogP contribution in [0.25, 0.3) is 0 Å². The van der Waals surface area contributed by atoms with Crippen molar-refractivity contribution in [2.75, 3.05) is 0 Å². The van der Waals surface area contributed by atoms with Gasteiger partial charge in [0.1, 0.15) is 0 Å². The lowest BCUT2D eigenvalue weighted by atomic mass is 9.59. The predicted molar refractivity (Wildman–Crippen MR) is 64.1 cm³/mol. The van der Waals surface area contributed by atoms with Crippen molar-refractivity contribution in [2.45, 2.75) is 19.3 Å². The minimum atomic E-state index is 0.329. The Morgan fingerprint density at radius 2 is 1.93 bits per heavy atom. The number of fused-ring (bicyclic) bond motifs is 1. The van der Waals surface area contributed by atoms with E-state index in [-0.39, 0.29) is 0 Å². The van der Waals surface area contributed by atoms with Crippen LogP contribution in [0.1, 0.15) is 19.3 Å². The van der Waals surface area contributed by atoms with Gasteiger partial charge in [-0.2, -0.15) is 0 Å². The zero-order chi connectivity index (χ0) is 9.71. The lowest BCUT2D eigenvalue weighted by molar-refractivity contribution is -0.124. The number of rotatable bonds is 0. The van der Waals surface area contributed by atoms with Gasteiger partial charge in [0, 0.05) is 5.92 Å². The molecule has 2 bridgehead atoms. The summed E-state index contributed by atoms with van der Waals surface area (Å²) in [6, 6.07) is 0. The second-order valence-corrected chi connectivity index (χ2v) is 5.79. The Kier molecular flexibility index (Phi) is 2.08. The van der Waals surface area contributed by atoms with Gasteiger partial charge in [-0.3, -0.25) is 4.79 Å². The first-order valence-electron chi connectivity index (χ1n) is 5.35. The molecule has 1 nitrogen and oxygen atoms in total. The van der Waals surface area contributed by atoms with Gasteiger partial charge < -0.3 is 0 Å². The molecule has 0 aromatic heterocycles. The third-order valence-corrected chi connectivity index (χ3v) is 4.99. The van der Waals surface area contributed by atoms with Crippen LogP contribution in [-0.4, -0.2) is 5.78 Å². The highest BCUT2D eigenvalue weighted by atomic mass is 127. The molecule has 2 heteroatoms. The fourth-order valence-electron chi connectivity index (χ4n) is 3.31. The van der Waals surface area contributed by atoms with Crippen LogP contribution in [0.15, 0.2) is 21.8 Å². The van der Waals surface area contributed by atoms with Gasteiger partial charge in [-0.25, -0.2) is 0 Å². The second kappa shape index (κ2) is 3.19. The van der Waals surface area contributed by atoms with E-state index in [1.807, 2.05) is 0 Å². The molecule has 0 aromatic rings. The van der Waals surface area contributed by atoms with E-state index in [9.17, 15) is 4.79 Å². The minimum absolute atomic E-state index is 0.329. The Bertz CT molecular complexity index is 342.